The number of ether oxygens (including phenoxy) is 8. The Morgan fingerprint density at radius 2 is 0.625 bits per heavy atom. The Balaban J connectivity index is 1.29. The Labute approximate surface area is 471 Å². The molecule has 0 aliphatic carbocycles. The van der Waals surface area contributed by atoms with Gasteiger partial charge in [-0.15, -0.1) is 0 Å². The molecule has 0 bridgehead atoms. The van der Waals surface area contributed by atoms with Crippen LogP contribution < -0.4 is 9.47 Å². The molecule has 0 saturated carbocycles. The van der Waals surface area contributed by atoms with Crippen molar-refractivity contribution in [3.63, 3.8) is 0 Å². The molecule has 0 heterocycles. The van der Waals surface area contributed by atoms with Gasteiger partial charge < -0.3 is 53.2 Å². The first-order valence-electron chi connectivity index (χ1n) is 27.0. The number of carboxylic acid groups (broad SMARTS) is 1. The Morgan fingerprint density at radius 3 is 0.925 bits per heavy atom. The maximum Gasteiger partial charge on any atom is 0.339 e. The van der Waals surface area contributed by atoms with E-state index in [0.717, 1.165) is 111 Å². The van der Waals surface area contributed by atoms with Crippen molar-refractivity contribution in [3.8, 4) is 89.8 Å². The van der Waals surface area contributed by atoms with Gasteiger partial charge in [0.2, 0.25) is 0 Å². The first-order chi connectivity index (χ1) is 38.4. The number of carbonyl (C=O) groups excluding carboxylic acids is 1. The number of hydrogen-bond donors (Lipinski definition) is 3. The third-order valence-electron chi connectivity index (χ3n) is 14.3. The standard InChI is InChI=1S/C67H76O13/c1-40-30-55(42(3)28-53(40)49-12-14-51(48(9)68)63(69)36-49)57-32-46(7)59(34-44(57)5)61-38-66(80-27-25-78-23-21-76-19-17-74-11)62(39-65(61)79-26-24-77-22-20-75-18-16-73-10)60-35-45(6)58(33-47(60)8)56-31-41(2)54(29-43(56)4)50-13-15-52(67(71)72)64(70)37-50/h12-15,28-39,69-70H,16-27H2,1-11H3,(H,71,72). The van der Waals surface area contributed by atoms with Crippen molar-refractivity contribution in [2.75, 3.05) is 93.5 Å². The summed E-state index contributed by atoms with van der Waals surface area (Å²) in [5.41, 5.74) is 19.8. The van der Waals surface area contributed by atoms with Crippen molar-refractivity contribution in [2.24, 2.45) is 0 Å². The molecule has 0 unspecified atom stereocenters. The molecule has 0 atom stereocenters. The lowest BCUT2D eigenvalue weighted by Crippen LogP contribution is -2.13. The van der Waals surface area contributed by atoms with Crippen molar-refractivity contribution in [2.45, 2.75) is 62.3 Å². The minimum Gasteiger partial charge on any atom is -0.507 e. The number of phenolic OH excluding ortho intramolecular Hbond substituents is 1. The Kier molecular flexibility index (Phi) is 21.2. The van der Waals surface area contributed by atoms with Crippen LogP contribution in [0.15, 0.2) is 97.1 Å². The smallest absolute Gasteiger partial charge is 0.339 e. The van der Waals surface area contributed by atoms with Crippen molar-refractivity contribution in [1.82, 2.24) is 0 Å². The number of aromatic hydroxyl groups is 2. The van der Waals surface area contributed by atoms with Crippen LogP contribution in [0.25, 0.3) is 66.8 Å². The SMILES string of the molecule is COCCOCCOCCOc1cc(-c2cc(C)c(-c3cc(C)c(-c4ccc(C(=O)O)c(O)c4)cc3C)cc2C)c(OCCOCCOCCOC)cc1-c1cc(C)c(-c2cc(C)c(-c3ccc(C(C)=O)c(O)c3)cc2C)cc1C. The maximum atomic E-state index is 12.1. The molecule has 0 aliphatic rings. The zero-order chi connectivity index (χ0) is 57.6. The second-order valence-corrected chi connectivity index (χ2v) is 20.2. The fourth-order valence-electron chi connectivity index (χ4n) is 10.1. The van der Waals surface area contributed by atoms with Gasteiger partial charge in [-0.05, 0) is 199 Å². The van der Waals surface area contributed by atoms with Crippen molar-refractivity contribution in [1.29, 1.82) is 0 Å². The highest BCUT2D eigenvalue weighted by Gasteiger charge is 2.23. The van der Waals surface area contributed by atoms with Crippen LogP contribution >= 0.6 is 0 Å². The summed E-state index contributed by atoms with van der Waals surface area (Å²) in [5, 5.41) is 30.8. The van der Waals surface area contributed by atoms with Crippen LogP contribution in [0.4, 0.5) is 0 Å². The van der Waals surface area contributed by atoms with Gasteiger partial charge in [0.15, 0.2) is 5.78 Å². The highest BCUT2D eigenvalue weighted by atomic mass is 16.6. The van der Waals surface area contributed by atoms with Gasteiger partial charge >= 0.3 is 5.97 Å². The molecule has 0 aliphatic heterocycles. The second-order valence-electron chi connectivity index (χ2n) is 20.2. The number of methoxy groups -OCH3 is 2. The highest BCUT2D eigenvalue weighted by molar-refractivity contribution is 5.98. The van der Waals surface area contributed by atoms with Gasteiger partial charge in [-0.1, -0.05) is 60.7 Å². The second kappa shape index (κ2) is 28.2. The third-order valence-corrected chi connectivity index (χ3v) is 14.3. The topological polar surface area (TPSA) is 169 Å². The fraction of sp³-hybridized carbons (Fsp3) is 0.343. The lowest BCUT2D eigenvalue weighted by atomic mass is 9.86. The van der Waals surface area contributed by atoms with Gasteiger partial charge in [0, 0.05) is 25.3 Å². The van der Waals surface area contributed by atoms with Crippen LogP contribution in [0.2, 0.25) is 0 Å². The monoisotopic (exact) mass is 1090 g/mol. The molecule has 3 N–H and O–H groups in total. The molecule has 13 heteroatoms. The molecule has 0 saturated heterocycles. The summed E-state index contributed by atoms with van der Waals surface area (Å²) < 4.78 is 47.0. The Hall–Kier alpha value is -7.36. The minimum absolute atomic E-state index is 0.0339. The molecule has 7 rings (SSSR count). The Morgan fingerprint density at radius 1 is 0.350 bits per heavy atom. The summed E-state index contributed by atoms with van der Waals surface area (Å²) in [7, 11) is 3.28. The molecule has 7 aromatic carbocycles. The summed E-state index contributed by atoms with van der Waals surface area (Å²) in [6.45, 7) is 23.0. The van der Waals surface area contributed by atoms with Crippen LogP contribution in [-0.2, 0) is 28.4 Å². The minimum atomic E-state index is -1.18. The molecule has 0 radical (unpaired) electrons. The number of phenols is 2. The summed E-state index contributed by atoms with van der Waals surface area (Å²) in [6.07, 6.45) is 0. The van der Waals surface area contributed by atoms with E-state index in [2.05, 4.69) is 109 Å². The van der Waals surface area contributed by atoms with E-state index in [9.17, 15) is 24.9 Å². The number of carbonyl (C=O) groups is 2. The van der Waals surface area contributed by atoms with E-state index in [4.69, 9.17) is 37.9 Å². The van der Waals surface area contributed by atoms with Crippen molar-refractivity contribution >= 4 is 11.8 Å². The maximum absolute atomic E-state index is 12.1. The van der Waals surface area contributed by atoms with Gasteiger partial charge in [-0.3, -0.25) is 4.79 Å². The van der Waals surface area contributed by atoms with Crippen LogP contribution in [0.1, 0.15) is 72.1 Å². The molecule has 0 fully saturated rings. The van der Waals surface area contributed by atoms with E-state index in [1.165, 1.54) is 19.1 Å². The number of carboxylic acids is 1. The highest BCUT2D eigenvalue weighted by Crippen LogP contribution is 2.46. The number of hydrogen-bond acceptors (Lipinski definition) is 12. The quantitative estimate of drug-likeness (QED) is 0.0313. The third kappa shape index (κ3) is 14.7. The number of Topliss-reactive ketones (excluding diaryl/α,β-unsaturated/α-hetero) is 1. The molecule has 422 valence electrons. The molecular weight excluding hydrogens is 1010 g/mol. The average molecular weight is 1090 g/mol. The van der Waals surface area contributed by atoms with E-state index >= 15 is 0 Å². The molecule has 0 amide bonds. The predicted octanol–water partition coefficient (Wildman–Crippen LogP) is 13.6. The number of benzene rings is 7. The van der Waals surface area contributed by atoms with Crippen LogP contribution in [0, 0.1) is 55.4 Å². The zero-order valence-electron chi connectivity index (χ0n) is 48.1. The Bertz CT molecular complexity index is 3120. The molecular formula is C67H76O13. The average Bonchev–Trinajstić information content (AvgIpc) is 3.53. The molecule has 0 spiro atoms. The molecule has 13 nitrogen and oxygen atoms in total. The van der Waals surface area contributed by atoms with E-state index in [1.807, 2.05) is 13.0 Å². The van der Waals surface area contributed by atoms with E-state index < -0.39 is 5.97 Å². The number of aryl methyl sites for hydroxylation is 8. The predicted molar refractivity (Wildman–Crippen MR) is 315 cm³/mol. The van der Waals surface area contributed by atoms with Gasteiger partial charge in [-0.2, -0.15) is 0 Å². The van der Waals surface area contributed by atoms with Crippen molar-refractivity contribution in [3.05, 3.63) is 153 Å². The fourth-order valence-corrected chi connectivity index (χ4v) is 10.1. The first-order valence-corrected chi connectivity index (χ1v) is 27.0. The summed E-state index contributed by atoms with van der Waals surface area (Å²) in [4.78, 5) is 23.7. The normalized spacial score (nSPS) is 11.3. The van der Waals surface area contributed by atoms with E-state index in [-0.39, 0.29) is 36.1 Å². The summed E-state index contributed by atoms with van der Waals surface area (Å²) >= 11 is 0. The molecule has 80 heavy (non-hydrogen) atoms. The molecule has 7 aromatic rings. The van der Waals surface area contributed by atoms with Crippen LogP contribution in [0.5, 0.6) is 23.0 Å². The molecule has 0 aromatic heterocycles. The summed E-state index contributed by atoms with van der Waals surface area (Å²) in [6, 6.07) is 31.5. The van der Waals surface area contributed by atoms with Crippen LogP contribution in [0.3, 0.4) is 0 Å². The summed E-state index contributed by atoms with van der Waals surface area (Å²) in [5.74, 6) is -0.365. The number of aromatic carboxylic acids is 1. The lowest BCUT2D eigenvalue weighted by Gasteiger charge is -2.22. The van der Waals surface area contributed by atoms with E-state index in [1.54, 1.807) is 32.4 Å². The lowest BCUT2D eigenvalue weighted by molar-refractivity contribution is 0.0178. The first kappa shape index (κ1) is 60.3. The largest absolute Gasteiger partial charge is 0.507 e. The van der Waals surface area contributed by atoms with Gasteiger partial charge in [0.1, 0.15) is 41.8 Å². The van der Waals surface area contributed by atoms with Crippen LogP contribution in [-0.4, -0.2) is 121 Å². The van der Waals surface area contributed by atoms with Gasteiger partial charge in [0.25, 0.3) is 0 Å². The van der Waals surface area contributed by atoms with Crippen molar-refractivity contribution < 1.29 is 62.8 Å². The number of ketones is 1. The zero-order valence-corrected chi connectivity index (χ0v) is 48.1. The van der Waals surface area contributed by atoms with E-state index in [0.29, 0.717) is 83.1 Å². The van der Waals surface area contributed by atoms with Gasteiger partial charge in [-0.25, -0.2) is 4.79 Å². The van der Waals surface area contributed by atoms with Gasteiger partial charge in [0.05, 0.1) is 71.6 Å². The number of rotatable bonds is 28.